The van der Waals surface area contributed by atoms with Crippen LogP contribution in [0.15, 0.2) is 30.7 Å². The smallest absolute Gasteiger partial charge is 0.277 e. The summed E-state index contributed by atoms with van der Waals surface area (Å²) >= 11 is 0. The van der Waals surface area contributed by atoms with E-state index >= 15 is 0 Å². The van der Waals surface area contributed by atoms with Gasteiger partial charge in [0, 0.05) is 38.2 Å². The van der Waals surface area contributed by atoms with Gasteiger partial charge in [0.2, 0.25) is 0 Å². The van der Waals surface area contributed by atoms with Gasteiger partial charge in [-0.15, -0.1) is 0 Å². The first-order valence-corrected chi connectivity index (χ1v) is 6.48. The lowest BCUT2D eigenvalue weighted by atomic mass is 10.2. The normalized spacial score (nSPS) is 10.8. The summed E-state index contributed by atoms with van der Waals surface area (Å²) in [6.45, 7) is 4.42. The first kappa shape index (κ1) is 14.0. The summed E-state index contributed by atoms with van der Waals surface area (Å²) in [6.07, 6.45) is 5.10. The van der Waals surface area contributed by atoms with E-state index in [0.717, 1.165) is 5.56 Å². The molecule has 2 N–H and O–H groups in total. The van der Waals surface area contributed by atoms with Crippen molar-refractivity contribution in [3.63, 3.8) is 0 Å². The molecule has 0 saturated heterocycles. The number of hydrogen-bond acceptors (Lipinski definition) is 4. The second-order valence-electron chi connectivity index (χ2n) is 4.99. The Kier molecular flexibility index (Phi) is 4.02. The molecule has 0 aromatic carbocycles. The Bertz CT molecular complexity index is 591. The van der Waals surface area contributed by atoms with Gasteiger partial charge in [0.05, 0.1) is 5.69 Å². The SMILES string of the molecule is CC(C)N(Cc1cccnc1)C(=O)c1nn(C)cc1N. The highest BCUT2D eigenvalue weighted by Gasteiger charge is 2.23. The van der Waals surface area contributed by atoms with E-state index in [4.69, 9.17) is 5.73 Å². The van der Waals surface area contributed by atoms with E-state index in [1.807, 2.05) is 26.0 Å². The minimum absolute atomic E-state index is 0.0455. The van der Waals surface area contributed by atoms with Gasteiger partial charge in [-0.2, -0.15) is 5.10 Å². The molecule has 1 amide bonds. The summed E-state index contributed by atoms with van der Waals surface area (Å²) in [5.74, 6) is -0.165. The Morgan fingerprint density at radius 3 is 2.75 bits per heavy atom. The zero-order valence-electron chi connectivity index (χ0n) is 11.9. The van der Waals surface area contributed by atoms with Crippen molar-refractivity contribution in [1.29, 1.82) is 0 Å². The third-order valence-electron chi connectivity index (χ3n) is 3.02. The zero-order valence-corrected chi connectivity index (χ0v) is 11.9. The molecule has 0 fully saturated rings. The predicted molar refractivity (Wildman–Crippen MR) is 76.9 cm³/mol. The number of aryl methyl sites for hydroxylation is 1. The van der Waals surface area contributed by atoms with Crippen molar-refractivity contribution in [1.82, 2.24) is 19.7 Å². The Labute approximate surface area is 118 Å². The van der Waals surface area contributed by atoms with Crippen LogP contribution < -0.4 is 5.73 Å². The molecule has 0 aliphatic carbocycles. The van der Waals surface area contributed by atoms with Crippen molar-refractivity contribution in [2.24, 2.45) is 7.05 Å². The van der Waals surface area contributed by atoms with Crippen LogP contribution >= 0.6 is 0 Å². The van der Waals surface area contributed by atoms with Crippen LogP contribution in [0.5, 0.6) is 0 Å². The number of hydrogen-bond donors (Lipinski definition) is 1. The fourth-order valence-corrected chi connectivity index (χ4v) is 1.99. The number of anilines is 1. The van der Waals surface area contributed by atoms with Crippen molar-refractivity contribution in [2.45, 2.75) is 26.4 Å². The van der Waals surface area contributed by atoms with Crippen molar-refractivity contribution in [3.8, 4) is 0 Å². The van der Waals surface area contributed by atoms with Gasteiger partial charge in [0.25, 0.3) is 5.91 Å². The molecule has 0 bridgehead atoms. The summed E-state index contributed by atoms with van der Waals surface area (Å²) in [7, 11) is 1.74. The van der Waals surface area contributed by atoms with Crippen molar-refractivity contribution < 1.29 is 4.79 Å². The largest absolute Gasteiger partial charge is 0.396 e. The molecule has 0 unspecified atom stereocenters. The van der Waals surface area contributed by atoms with E-state index in [9.17, 15) is 4.79 Å². The second-order valence-corrected chi connectivity index (χ2v) is 4.99. The van der Waals surface area contributed by atoms with E-state index in [2.05, 4.69) is 10.1 Å². The van der Waals surface area contributed by atoms with Crippen LogP contribution in [-0.2, 0) is 13.6 Å². The van der Waals surface area contributed by atoms with Crippen LogP contribution in [0.4, 0.5) is 5.69 Å². The average Bonchev–Trinajstić information content (AvgIpc) is 2.75. The number of amides is 1. The number of pyridine rings is 1. The third-order valence-corrected chi connectivity index (χ3v) is 3.02. The molecule has 6 heteroatoms. The first-order chi connectivity index (χ1) is 9.49. The molecule has 0 atom stereocenters. The van der Waals surface area contributed by atoms with E-state index in [1.165, 1.54) is 0 Å². The highest BCUT2D eigenvalue weighted by Crippen LogP contribution is 2.16. The van der Waals surface area contributed by atoms with Gasteiger partial charge in [-0.1, -0.05) is 6.07 Å². The average molecular weight is 273 g/mol. The maximum Gasteiger partial charge on any atom is 0.277 e. The lowest BCUT2D eigenvalue weighted by Gasteiger charge is -2.26. The molecular formula is C14H19N5O. The maximum atomic E-state index is 12.6. The number of rotatable bonds is 4. The Balaban J connectivity index is 2.25. The van der Waals surface area contributed by atoms with Crippen LogP contribution in [0.25, 0.3) is 0 Å². The van der Waals surface area contributed by atoms with Crippen LogP contribution in [0, 0.1) is 0 Å². The Hall–Kier alpha value is -2.37. The molecule has 0 saturated carbocycles. The fraction of sp³-hybridized carbons (Fsp3) is 0.357. The van der Waals surface area contributed by atoms with Gasteiger partial charge in [-0.3, -0.25) is 14.5 Å². The molecule has 2 heterocycles. The van der Waals surface area contributed by atoms with Crippen molar-refractivity contribution in [2.75, 3.05) is 5.73 Å². The van der Waals surface area contributed by atoms with Crippen molar-refractivity contribution in [3.05, 3.63) is 42.0 Å². The summed E-state index contributed by atoms with van der Waals surface area (Å²) in [5, 5.41) is 4.14. The van der Waals surface area contributed by atoms with Gasteiger partial charge < -0.3 is 10.6 Å². The molecule has 0 radical (unpaired) electrons. The number of carbonyl (C=O) groups excluding carboxylic acids is 1. The fourth-order valence-electron chi connectivity index (χ4n) is 1.99. The lowest BCUT2D eigenvalue weighted by Crippen LogP contribution is -2.37. The van der Waals surface area contributed by atoms with Gasteiger partial charge >= 0.3 is 0 Å². The van der Waals surface area contributed by atoms with E-state index < -0.39 is 0 Å². The lowest BCUT2D eigenvalue weighted by molar-refractivity contribution is 0.0684. The quantitative estimate of drug-likeness (QED) is 0.914. The topological polar surface area (TPSA) is 77.0 Å². The number of nitrogens with zero attached hydrogens (tertiary/aromatic N) is 4. The van der Waals surface area contributed by atoms with E-state index in [0.29, 0.717) is 17.9 Å². The van der Waals surface area contributed by atoms with E-state index in [1.54, 1.807) is 35.2 Å². The predicted octanol–water partition coefficient (Wildman–Crippen LogP) is 1.45. The Morgan fingerprint density at radius 1 is 1.50 bits per heavy atom. The monoisotopic (exact) mass is 273 g/mol. The standard InChI is InChI=1S/C14H19N5O/c1-10(2)19(8-11-5-4-6-16-7-11)14(20)13-12(15)9-18(3)17-13/h4-7,9-10H,8,15H2,1-3H3. The molecular weight excluding hydrogens is 254 g/mol. The zero-order chi connectivity index (χ0) is 14.7. The van der Waals surface area contributed by atoms with Crippen molar-refractivity contribution >= 4 is 11.6 Å². The minimum Gasteiger partial charge on any atom is -0.396 e. The number of aromatic nitrogens is 3. The van der Waals surface area contributed by atoms with Gasteiger partial charge in [0.1, 0.15) is 0 Å². The molecule has 0 spiro atoms. The second kappa shape index (κ2) is 5.73. The van der Waals surface area contributed by atoms with Crippen LogP contribution in [-0.4, -0.2) is 31.6 Å². The first-order valence-electron chi connectivity index (χ1n) is 6.48. The molecule has 106 valence electrons. The highest BCUT2D eigenvalue weighted by molar-refractivity contribution is 5.97. The summed E-state index contributed by atoms with van der Waals surface area (Å²) < 4.78 is 1.55. The third kappa shape index (κ3) is 2.96. The highest BCUT2D eigenvalue weighted by atomic mass is 16.2. The summed E-state index contributed by atoms with van der Waals surface area (Å²) in [5.41, 5.74) is 7.50. The maximum absolute atomic E-state index is 12.6. The molecule has 0 aliphatic heterocycles. The summed E-state index contributed by atoms with van der Waals surface area (Å²) in [4.78, 5) is 18.4. The molecule has 20 heavy (non-hydrogen) atoms. The van der Waals surface area contributed by atoms with Crippen LogP contribution in [0.3, 0.4) is 0 Å². The number of nitrogens with two attached hydrogens (primary N) is 1. The molecule has 2 aromatic rings. The Morgan fingerprint density at radius 2 is 2.25 bits per heavy atom. The molecule has 2 aromatic heterocycles. The number of carbonyl (C=O) groups is 1. The van der Waals surface area contributed by atoms with Crippen LogP contribution in [0.1, 0.15) is 29.9 Å². The summed E-state index contributed by atoms with van der Waals surface area (Å²) in [6, 6.07) is 3.84. The van der Waals surface area contributed by atoms with Gasteiger partial charge in [-0.05, 0) is 25.5 Å². The molecule has 0 aliphatic rings. The van der Waals surface area contributed by atoms with E-state index in [-0.39, 0.29) is 11.9 Å². The van der Waals surface area contributed by atoms with Gasteiger partial charge in [0.15, 0.2) is 5.69 Å². The van der Waals surface area contributed by atoms with Crippen LogP contribution in [0.2, 0.25) is 0 Å². The van der Waals surface area contributed by atoms with Gasteiger partial charge in [-0.25, -0.2) is 0 Å². The minimum atomic E-state index is -0.165. The number of nitrogen functional groups attached to an aromatic ring is 1. The molecule has 2 rings (SSSR count). The molecule has 6 nitrogen and oxygen atoms in total.